The number of aromatic nitrogens is 2. The number of piperidine rings is 1. The summed E-state index contributed by atoms with van der Waals surface area (Å²) in [6.45, 7) is 2.85. The van der Waals surface area contributed by atoms with Crippen molar-refractivity contribution in [1.29, 1.82) is 0 Å². The van der Waals surface area contributed by atoms with Crippen LogP contribution in [0, 0.1) is 6.92 Å². The summed E-state index contributed by atoms with van der Waals surface area (Å²) in [6.07, 6.45) is 1.30. The van der Waals surface area contributed by atoms with Gasteiger partial charge in [0.1, 0.15) is 0 Å². The summed E-state index contributed by atoms with van der Waals surface area (Å²) in [5.74, 6) is 1.22. The molecule has 2 heterocycles. The van der Waals surface area contributed by atoms with Gasteiger partial charge in [-0.2, -0.15) is 9.29 Å². The number of hydrogen-bond acceptors (Lipinski definition) is 5. The second-order valence-corrected chi connectivity index (χ2v) is 9.33. The molecule has 1 fully saturated rings. The Hall–Kier alpha value is -2.22. The largest absolute Gasteiger partial charge is 0.334 e. The third kappa shape index (κ3) is 3.83. The zero-order valence-electron chi connectivity index (χ0n) is 15.4. The Balaban J connectivity index is 1.45. The van der Waals surface area contributed by atoms with Crippen molar-refractivity contribution in [2.75, 3.05) is 13.1 Å². The summed E-state index contributed by atoms with van der Waals surface area (Å²) in [6, 6.07) is 14.2. The second-order valence-electron chi connectivity index (χ2n) is 6.96. The monoisotopic (exact) mass is 417 g/mol. The summed E-state index contributed by atoms with van der Waals surface area (Å²) in [5, 5.41) is 4.65. The van der Waals surface area contributed by atoms with Gasteiger partial charge < -0.3 is 4.52 Å². The van der Waals surface area contributed by atoms with Crippen molar-refractivity contribution in [3.63, 3.8) is 0 Å². The van der Waals surface area contributed by atoms with E-state index in [1.54, 1.807) is 12.1 Å². The molecule has 0 aliphatic carbocycles. The minimum atomic E-state index is -3.52. The van der Waals surface area contributed by atoms with Crippen LogP contribution in [0.15, 0.2) is 57.9 Å². The van der Waals surface area contributed by atoms with Gasteiger partial charge in [0.15, 0.2) is 5.82 Å². The fourth-order valence-corrected chi connectivity index (χ4v) is 5.00. The van der Waals surface area contributed by atoms with Crippen LogP contribution in [0.4, 0.5) is 0 Å². The van der Waals surface area contributed by atoms with Crippen LogP contribution in [0.1, 0.15) is 30.1 Å². The van der Waals surface area contributed by atoms with Crippen molar-refractivity contribution in [2.24, 2.45) is 0 Å². The van der Waals surface area contributed by atoms with Gasteiger partial charge in [-0.3, -0.25) is 0 Å². The molecule has 4 rings (SSSR count). The Bertz CT molecular complexity index is 1070. The first kappa shape index (κ1) is 19.1. The lowest BCUT2D eigenvalue weighted by Gasteiger charge is -2.29. The lowest BCUT2D eigenvalue weighted by atomic mass is 9.97. The Labute approximate surface area is 169 Å². The third-order valence-electron chi connectivity index (χ3n) is 4.98. The summed E-state index contributed by atoms with van der Waals surface area (Å²) in [5.41, 5.74) is 2.01. The van der Waals surface area contributed by atoms with E-state index in [1.165, 1.54) is 16.4 Å². The Morgan fingerprint density at radius 2 is 1.82 bits per heavy atom. The third-order valence-corrected chi connectivity index (χ3v) is 7.14. The van der Waals surface area contributed by atoms with E-state index in [9.17, 15) is 8.42 Å². The topological polar surface area (TPSA) is 76.3 Å². The zero-order chi connectivity index (χ0) is 19.7. The lowest BCUT2D eigenvalue weighted by Crippen LogP contribution is -2.38. The molecule has 1 aliphatic heterocycles. The molecule has 0 bridgehead atoms. The van der Waals surface area contributed by atoms with Crippen molar-refractivity contribution in [1.82, 2.24) is 14.4 Å². The first-order valence-corrected chi connectivity index (χ1v) is 10.9. The highest BCUT2D eigenvalue weighted by Gasteiger charge is 2.31. The minimum Gasteiger partial charge on any atom is -0.334 e. The Morgan fingerprint density at radius 3 is 2.50 bits per heavy atom. The predicted octanol–water partition coefficient (Wildman–Crippen LogP) is 4.27. The van der Waals surface area contributed by atoms with Crippen LogP contribution < -0.4 is 0 Å². The molecular weight excluding hydrogens is 398 g/mol. The number of aryl methyl sites for hydroxylation is 1. The molecule has 0 N–H and O–H groups in total. The van der Waals surface area contributed by atoms with Crippen LogP contribution in [-0.4, -0.2) is 36.0 Å². The number of rotatable bonds is 4. The van der Waals surface area contributed by atoms with Gasteiger partial charge in [-0.05, 0) is 56.2 Å². The van der Waals surface area contributed by atoms with E-state index in [4.69, 9.17) is 16.1 Å². The van der Waals surface area contributed by atoms with E-state index in [0.717, 1.165) is 11.1 Å². The molecule has 0 amide bonds. The highest BCUT2D eigenvalue weighted by molar-refractivity contribution is 7.89. The molecule has 0 saturated carbocycles. The summed E-state index contributed by atoms with van der Waals surface area (Å²) < 4.78 is 32.5. The maximum atomic E-state index is 12.8. The van der Waals surface area contributed by atoms with Crippen LogP contribution in [0.2, 0.25) is 5.02 Å². The van der Waals surface area contributed by atoms with Crippen LogP contribution in [0.25, 0.3) is 11.5 Å². The molecule has 8 heteroatoms. The molecule has 6 nitrogen and oxygen atoms in total. The van der Waals surface area contributed by atoms with Crippen molar-refractivity contribution in [3.8, 4) is 11.5 Å². The second kappa shape index (κ2) is 7.66. The minimum absolute atomic E-state index is 0.0824. The first-order valence-electron chi connectivity index (χ1n) is 9.10. The van der Waals surface area contributed by atoms with Crippen molar-refractivity contribution >= 4 is 21.6 Å². The van der Waals surface area contributed by atoms with E-state index in [1.807, 2.05) is 31.2 Å². The highest BCUT2D eigenvalue weighted by Crippen LogP contribution is 2.31. The van der Waals surface area contributed by atoms with Crippen molar-refractivity contribution < 1.29 is 12.9 Å². The Morgan fingerprint density at radius 1 is 1.11 bits per heavy atom. The molecule has 146 valence electrons. The van der Waals surface area contributed by atoms with E-state index in [2.05, 4.69) is 10.1 Å². The van der Waals surface area contributed by atoms with Gasteiger partial charge in [0.25, 0.3) is 5.89 Å². The van der Waals surface area contributed by atoms with Gasteiger partial charge >= 0.3 is 0 Å². The number of nitrogens with zero attached hydrogens (tertiary/aromatic N) is 3. The van der Waals surface area contributed by atoms with Crippen LogP contribution in [0.5, 0.6) is 0 Å². The number of benzene rings is 2. The van der Waals surface area contributed by atoms with Gasteiger partial charge in [0.2, 0.25) is 10.0 Å². The molecule has 0 atom stereocenters. The molecule has 1 aliphatic rings. The van der Waals surface area contributed by atoms with Crippen molar-refractivity contribution in [3.05, 3.63) is 64.9 Å². The number of halogens is 1. The maximum absolute atomic E-state index is 12.8. The van der Waals surface area contributed by atoms with Crippen LogP contribution in [0.3, 0.4) is 0 Å². The molecule has 0 radical (unpaired) electrons. The van der Waals surface area contributed by atoms with Crippen LogP contribution in [-0.2, 0) is 10.0 Å². The average molecular weight is 418 g/mol. The predicted molar refractivity (Wildman–Crippen MR) is 107 cm³/mol. The summed E-state index contributed by atoms with van der Waals surface area (Å²) in [7, 11) is -3.52. The van der Waals surface area contributed by atoms with E-state index in [0.29, 0.717) is 42.7 Å². The number of hydrogen-bond donors (Lipinski definition) is 0. The first-order chi connectivity index (χ1) is 13.4. The van der Waals surface area contributed by atoms with Crippen LogP contribution >= 0.6 is 11.6 Å². The molecule has 0 unspecified atom stereocenters. The maximum Gasteiger partial charge on any atom is 0.257 e. The fraction of sp³-hybridized carbons (Fsp3) is 0.300. The molecule has 28 heavy (non-hydrogen) atoms. The van der Waals surface area contributed by atoms with Crippen molar-refractivity contribution in [2.45, 2.75) is 30.6 Å². The zero-order valence-corrected chi connectivity index (χ0v) is 16.9. The molecular formula is C20H20ClN3O3S. The highest BCUT2D eigenvalue weighted by atomic mass is 35.5. The Kier molecular flexibility index (Phi) is 5.23. The van der Waals surface area contributed by atoms with Gasteiger partial charge in [-0.15, -0.1) is 0 Å². The molecule has 2 aromatic carbocycles. The molecule has 1 saturated heterocycles. The van der Waals surface area contributed by atoms with E-state index >= 15 is 0 Å². The fourth-order valence-electron chi connectivity index (χ4n) is 3.41. The van der Waals surface area contributed by atoms with E-state index < -0.39 is 10.0 Å². The summed E-state index contributed by atoms with van der Waals surface area (Å²) in [4.78, 5) is 4.80. The van der Waals surface area contributed by atoms with Gasteiger partial charge in [0, 0.05) is 29.6 Å². The average Bonchev–Trinajstić information content (AvgIpc) is 3.19. The van der Waals surface area contributed by atoms with Gasteiger partial charge in [-0.1, -0.05) is 34.5 Å². The van der Waals surface area contributed by atoms with E-state index in [-0.39, 0.29) is 10.8 Å². The molecule has 3 aromatic rings. The standard InChI is InChI=1S/C20H20ClN3O3S/c1-14-3-2-4-16(13-14)20-22-19(23-27-20)15-9-11-24(12-10-15)28(25,26)18-7-5-17(21)6-8-18/h2-8,13,15H,9-12H2,1H3. The molecule has 1 aromatic heterocycles. The van der Waals surface area contributed by atoms with Gasteiger partial charge in [0.05, 0.1) is 4.90 Å². The lowest BCUT2D eigenvalue weighted by molar-refractivity contribution is 0.307. The summed E-state index contributed by atoms with van der Waals surface area (Å²) >= 11 is 5.86. The smallest absolute Gasteiger partial charge is 0.257 e. The normalized spacial score (nSPS) is 16.4. The molecule has 0 spiro atoms. The quantitative estimate of drug-likeness (QED) is 0.633. The SMILES string of the molecule is Cc1cccc(-c2nc(C3CCN(S(=O)(=O)c4ccc(Cl)cc4)CC3)no2)c1. The number of sulfonamides is 1. The van der Waals surface area contributed by atoms with Gasteiger partial charge in [-0.25, -0.2) is 8.42 Å².